The predicted octanol–water partition coefficient (Wildman–Crippen LogP) is 3.56. The molecule has 15 heavy (non-hydrogen) atoms. The SMILES string of the molecule is O=C(O)n1ccc2c(Cl)c(CCl)ccc21. The van der Waals surface area contributed by atoms with E-state index in [-0.39, 0.29) is 0 Å². The lowest BCUT2D eigenvalue weighted by Gasteiger charge is -2.02. The van der Waals surface area contributed by atoms with E-state index >= 15 is 0 Å². The van der Waals surface area contributed by atoms with Gasteiger partial charge >= 0.3 is 6.09 Å². The number of carboxylic acid groups (broad SMARTS) is 1. The Kier molecular flexibility index (Phi) is 2.59. The normalized spacial score (nSPS) is 10.8. The van der Waals surface area contributed by atoms with Crippen molar-refractivity contribution >= 4 is 40.2 Å². The van der Waals surface area contributed by atoms with Gasteiger partial charge in [-0.25, -0.2) is 4.79 Å². The summed E-state index contributed by atoms with van der Waals surface area (Å²) in [4.78, 5) is 10.8. The van der Waals surface area contributed by atoms with E-state index in [2.05, 4.69) is 0 Å². The fraction of sp³-hybridized carbons (Fsp3) is 0.100. The quantitative estimate of drug-likeness (QED) is 0.779. The Labute approximate surface area is 95.8 Å². The molecule has 0 aliphatic heterocycles. The van der Waals surface area contributed by atoms with Crippen LogP contribution in [0.5, 0.6) is 0 Å². The molecular formula is C10H7Cl2NO2. The number of aromatic nitrogens is 1. The molecule has 0 atom stereocenters. The molecule has 0 bridgehead atoms. The second-order valence-corrected chi connectivity index (χ2v) is 3.72. The standard InChI is InChI=1S/C10H7Cl2NO2/c11-5-6-1-2-8-7(9(6)12)3-4-13(8)10(14)15/h1-4H,5H2,(H,14,15). The third-order valence-corrected chi connectivity index (χ3v) is 2.97. The molecule has 0 saturated carbocycles. The molecule has 2 aromatic rings. The number of benzene rings is 1. The molecular weight excluding hydrogens is 237 g/mol. The van der Waals surface area contributed by atoms with Gasteiger partial charge in [0.05, 0.1) is 10.5 Å². The van der Waals surface area contributed by atoms with E-state index in [1.807, 2.05) is 0 Å². The molecule has 1 N–H and O–H groups in total. The van der Waals surface area contributed by atoms with Gasteiger partial charge in [-0.3, -0.25) is 4.57 Å². The number of rotatable bonds is 1. The summed E-state index contributed by atoms with van der Waals surface area (Å²) >= 11 is 11.8. The molecule has 1 heterocycles. The number of fused-ring (bicyclic) bond motifs is 1. The van der Waals surface area contributed by atoms with E-state index in [0.29, 0.717) is 21.8 Å². The Morgan fingerprint density at radius 3 is 2.73 bits per heavy atom. The van der Waals surface area contributed by atoms with Crippen molar-refractivity contribution in [1.82, 2.24) is 4.57 Å². The van der Waals surface area contributed by atoms with Crippen molar-refractivity contribution in [2.24, 2.45) is 0 Å². The molecule has 0 aliphatic rings. The van der Waals surface area contributed by atoms with Crippen LogP contribution in [0.15, 0.2) is 24.4 Å². The molecule has 0 unspecified atom stereocenters. The van der Waals surface area contributed by atoms with E-state index in [0.717, 1.165) is 10.1 Å². The van der Waals surface area contributed by atoms with Gasteiger partial charge in [0.2, 0.25) is 0 Å². The van der Waals surface area contributed by atoms with Gasteiger partial charge in [0.15, 0.2) is 0 Å². The topological polar surface area (TPSA) is 42.2 Å². The van der Waals surface area contributed by atoms with Crippen molar-refractivity contribution in [1.29, 1.82) is 0 Å². The van der Waals surface area contributed by atoms with Gasteiger partial charge in [0, 0.05) is 17.5 Å². The summed E-state index contributed by atoms with van der Waals surface area (Å²) in [5, 5.41) is 10.1. The van der Waals surface area contributed by atoms with E-state index in [1.54, 1.807) is 18.2 Å². The van der Waals surface area contributed by atoms with Crippen molar-refractivity contribution in [3.05, 3.63) is 35.0 Å². The van der Waals surface area contributed by atoms with Crippen molar-refractivity contribution in [3.8, 4) is 0 Å². The number of hydrogen-bond acceptors (Lipinski definition) is 1. The van der Waals surface area contributed by atoms with Crippen molar-refractivity contribution < 1.29 is 9.90 Å². The Morgan fingerprint density at radius 1 is 1.40 bits per heavy atom. The Balaban J connectivity index is 2.76. The summed E-state index contributed by atoms with van der Waals surface area (Å²) in [6.45, 7) is 0. The predicted molar refractivity (Wildman–Crippen MR) is 59.9 cm³/mol. The van der Waals surface area contributed by atoms with Crippen LogP contribution in [0.25, 0.3) is 10.9 Å². The summed E-state index contributed by atoms with van der Waals surface area (Å²) < 4.78 is 1.12. The molecule has 0 amide bonds. The molecule has 0 fully saturated rings. The maximum Gasteiger partial charge on any atom is 0.416 e. The summed E-state index contributed by atoms with van der Waals surface area (Å²) in [6, 6.07) is 5.10. The minimum atomic E-state index is -1.03. The van der Waals surface area contributed by atoms with Crippen molar-refractivity contribution in [2.45, 2.75) is 5.88 Å². The largest absolute Gasteiger partial charge is 0.464 e. The summed E-state index contributed by atoms with van der Waals surface area (Å²) in [5.74, 6) is 0.313. The lowest BCUT2D eigenvalue weighted by atomic mass is 10.2. The summed E-state index contributed by atoms with van der Waals surface area (Å²) in [6.07, 6.45) is 0.441. The van der Waals surface area contributed by atoms with Crippen LogP contribution < -0.4 is 0 Å². The zero-order valence-corrected chi connectivity index (χ0v) is 9.09. The molecule has 0 radical (unpaired) electrons. The number of alkyl halides is 1. The van der Waals surface area contributed by atoms with Gasteiger partial charge in [-0.1, -0.05) is 17.7 Å². The Morgan fingerprint density at radius 2 is 2.13 bits per heavy atom. The molecule has 0 spiro atoms. The highest BCUT2D eigenvalue weighted by molar-refractivity contribution is 6.37. The molecule has 78 valence electrons. The average Bonchev–Trinajstić information content (AvgIpc) is 2.62. The lowest BCUT2D eigenvalue weighted by Crippen LogP contribution is -2.05. The van der Waals surface area contributed by atoms with Gasteiger partial charge in [0.25, 0.3) is 0 Å². The highest BCUT2D eigenvalue weighted by Crippen LogP contribution is 2.29. The summed E-state index contributed by atoms with van der Waals surface area (Å²) in [5.41, 5.74) is 1.37. The van der Waals surface area contributed by atoms with Gasteiger partial charge in [0.1, 0.15) is 0 Å². The first-order valence-corrected chi connectivity index (χ1v) is 5.14. The molecule has 1 aromatic carbocycles. The fourth-order valence-corrected chi connectivity index (χ4v) is 2.08. The highest BCUT2D eigenvalue weighted by Gasteiger charge is 2.11. The van der Waals surface area contributed by atoms with Crippen LogP contribution in [0.4, 0.5) is 4.79 Å². The van der Waals surface area contributed by atoms with E-state index in [1.165, 1.54) is 6.20 Å². The molecule has 0 saturated heterocycles. The molecule has 3 nitrogen and oxygen atoms in total. The highest BCUT2D eigenvalue weighted by atomic mass is 35.5. The minimum absolute atomic E-state index is 0.313. The number of hydrogen-bond donors (Lipinski definition) is 1. The zero-order valence-electron chi connectivity index (χ0n) is 7.58. The zero-order chi connectivity index (χ0) is 11.0. The first-order chi connectivity index (χ1) is 7.15. The third-order valence-electron chi connectivity index (χ3n) is 2.24. The monoisotopic (exact) mass is 243 g/mol. The van der Waals surface area contributed by atoms with Crippen LogP contribution in [-0.4, -0.2) is 15.8 Å². The second-order valence-electron chi connectivity index (χ2n) is 3.07. The van der Waals surface area contributed by atoms with Crippen LogP contribution in [0, 0.1) is 0 Å². The van der Waals surface area contributed by atoms with E-state index in [4.69, 9.17) is 28.3 Å². The van der Waals surface area contributed by atoms with Gasteiger partial charge < -0.3 is 5.11 Å². The molecule has 0 aliphatic carbocycles. The van der Waals surface area contributed by atoms with Crippen LogP contribution in [-0.2, 0) is 5.88 Å². The first-order valence-electron chi connectivity index (χ1n) is 4.23. The second kappa shape index (κ2) is 3.76. The van der Waals surface area contributed by atoms with Gasteiger partial charge in [-0.2, -0.15) is 0 Å². The lowest BCUT2D eigenvalue weighted by molar-refractivity contribution is 0.197. The van der Waals surface area contributed by atoms with Crippen LogP contribution in [0.3, 0.4) is 0 Å². The molecule has 2 rings (SSSR count). The molecule has 1 aromatic heterocycles. The average molecular weight is 244 g/mol. The van der Waals surface area contributed by atoms with Gasteiger partial charge in [-0.15, -0.1) is 11.6 Å². The van der Waals surface area contributed by atoms with Crippen LogP contribution in [0.1, 0.15) is 5.56 Å². The van der Waals surface area contributed by atoms with E-state index < -0.39 is 6.09 Å². The first kappa shape index (κ1) is 10.3. The third kappa shape index (κ3) is 1.58. The number of carbonyl (C=O) groups is 1. The summed E-state index contributed by atoms with van der Waals surface area (Å²) in [7, 11) is 0. The van der Waals surface area contributed by atoms with Crippen molar-refractivity contribution in [2.75, 3.05) is 0 Å². The Bertz CT molecular complexity index is 533. The van der Waals surface area contributed by atoms with E-state index in [9.17, 15) is 4.79 Å². The fourth-order valence-electron chi connectivity index (χ4n) is 1.50. The van der Waals surface area contributed by atoms with Gasteiger partial charge in [-0.05, 0) is 17.7 Å². The smallest absolute Gasteiger partial charge is 0.416 e. The Hall–Kier alpha value is -1.19. The van der Waals surface area contributed by atoms with Crippen LogP contribution in [0.2, 0.25) is 5.02 Å². The maximum atomic E-state index is 10.8. The molecule has 5 heteroatoms. The minimum Gasteiger partial charge on any atom is -0.464 e. The van der Waals surface area contributed by atoms with Crippen LogP contribution >= 0.6 is 23.2 Å². The maximum absolute atomic E-state index is 10.8. The number of halogens is 2. The number of nitrogens with zero attached hydrogens (tertiary/aromatic N) is 1. The van der Waals surface area contributed by atoms with Crippen molar-refractivity contribution in [3.63, 3.8) is 0 Å².